The molecule has 0 atom stereocenters. The van der Waals surface area contributed by atoms with E-state index < -0.39 is 17.5 Å². The van der Waals surface area contributed by atoms with Gasteiger partial charge in [0.15, 0.2) is 23.3 Å². The molecular weight excluding hydrogens is 259 g/mol. The fourth-order valence-corrected chi connectivity index (χ4v) is 1.56. The van der Waals surface area contributed by atoms with Gasteiger partial charge < -0.3 is 10.5 Å². The highest BCUT2D eigenvalue weighted by atomic mass is 19.2. The molecule has 1 aromatic carbocycles. The largest absolute Gasteiger partial charge is 0.384 e. The Kier molecular flexibility index (Phi) is 3.66. The van der Waals surface area contributed by atoms with Crippen LogP contribution < -0.4 is 5.73 Å². The van der Waals surface area contributed by atoms with E-state index in [-0.39, 0.29) is 29.5 Å². The van der Waals surface area contributed by atoms with Gasteiger partial charge >= 0.3 is 0 Å². The first-order valence-corrected chi connectivity index (χ1v) is 5.28. The Bertz CT molecular complexity index is 596. The summed E-state index contributed by atoms with van der Waals surface area (Å²) in [6, 6.07) is 3.03. The summed E-state index contributed by atoms with van der Waals surface area (Å²) < 4.78 is 44.1. The monoisotopic (exact) mass is 269 g/mol. The summed E-state index contributed by atoms with van der Waals surface area (Å²) in [6.45, 7) is 0.101. The maximum Gasteiger partial charge on any atom is 0.194 e. The van der Waals surface area contributed by atoms with Gasteiger partial charge in [-0.3, -0.25) is 0 Å². The van der Waals surface area contributed by atoms with E-state index in [1.54, 1.807) is 0 Å². The number of rotatable bonds is 3. The van der Waals surface area contributed by atoms with Crippen molar-refractivity contribution in [3.63, 3.8) is 0 Å². The molecule has 2 aromatic rings. The minimum Gasteiger partial charge on any atom is -0.384 e. The molecule has 100 valence electrons. The van der Waals surface area contributed by atoms with Crippen LogP contribution in [-0.4, -0.2) is 17.1 Å². The smallest absolute Gasteiger partial charge is 0.194 e. The first-order chi connectivity index (χ1) is 9.01. The molecule has 0 spiro atoms. The number of nitrogens with zero attached hydrogens (tertiary/aromatic N) is 2. The number of hydrogen-bond donors (Lipinski definition) is 1. The van der Waals surface area contributed by atoms with Gasteiger partial charge in [0.25, 0.3) is 0 Å². The lowest BCUT2D eigenvalue weighted by Crippen LogP contribution is -2.03. The fourth-order valence-electron chi connectivity index (χ4n) is 1.56. The summed E-state index contributed by atoms with van der Waals surface area (Å²) in [4.78, 5) is 7.93. The van der Waals surface area contributed by atoms with E-state index >= 15 is 0 Å². The van der Waals surface area contributed by atoms with Gasteiger partial charge in [0.05, 0.1) is 5.69 Å². The minimum absolute atomic E-state index is 0.0721. The number of ether oxygens (including phenoxy) is 1. The summed E-state index contributed by atoms with van der Waals surface area (Å²) in [6.07, 6.45) is 0. The zero-order valence-corrected chi connectivity index (χ0v) is 9.95. The van der Waals surface area contributed by atoms with Gasteiger partial charge in [0.1, 0.15) is 12.4 Å². The Morgan fingerprint density at radius 2 is 1.74 bits per heavy atom. The van der Waals surface area contributed by atoms with Crippen LogP contribution in [0, 0.1) is 17.5 Å². The molecule has 4 nitrogen and oxygen atoms in total. The molecule has 2 rings (SSSR count). The lowest BCUT2D eigenvalue weighted by molar-refractivity contribution is 0.178. The third kappa shape index (κ3) is 2.82. The molecule has 1 aromatic heterocycles. The fraction of sp³-hybridized carbons (Fsp3) is 0.167. The van der Waals surface area contributed by atoms with Crippen LogP contribution in [0.25, 0.3) is 11.3 Å². The van der Waals surface area contributed by atoms with Crippen LogP contribution >= 0.6 is 0 Å². The number of hydrogen-bond acceptors (Lipinski definition) is 4. The molecule has 19 heavy (non-hydrogen) atoms. The van der Waals surface area contributed by atoms with Gasteiger partial charge in [0, 0.05) is 18.7 Å². The molecule has 0 aliphatic heterocycles. The summed E-state index contributed by atoms with van der Waals surface area (Å²) in [7, 11) is 1.45. The van der Waals surface area contributed by atoms with E-state index in [1.165, 1.54) is 13.2 Å². The first-order valence-electron chi connectivity index (χ1n) is 5.28. The van der Waals surface area contributed by atoms with Crippen LogP contribution in [0.15, 0.2) is 18.2 Å². The van der Waals surface area contributed by atoms with Gasteiger partial charge in [-0.05, 0) is 12.1 Å². The number of methoxy groups -OCH3 is 1. The van der Waals surface area contributed by atoms with Crippen molar-refractivity contribution in [3.05, 3.63) is 41.5 Å². The van der Waals surface area contributed by atoms with E-state index in [1.807, 2.05) is 0 Å². The highest BCUT2D eigenvalue weighted by Gasteiger charge is 2.13. The SMILES string of the molecule is COCc1nc(N)cc(-c2cc(F)c(F)c(F)c2)n1. The molecule has 0 bridgehead atoms. The molecule has 1 heterocycles. The normalized spacial score (nSPS) is 10.7. The maximum absolute atomic E-state index is 13.2. The molecule has 0 saturated heterocycles. The molecule has 0 fully saturated rings. The topological polar surface area (TPSA) is 61.0 Å². The van der Waals surface area contributed by atoms with E-state index in [4.69, 9.17) is 10.5 Å². The van der Waals surface area contributed by atoms with Crippen LogP contribution in [0.3, 0.4) is 0 Å². The predicted molar refractivity (Wildman–Crippen MR) is 62.5 cm³/mol. The van der Waals surface area contributed by atoms with Crippen LogP contribution in [0.1, 0.15) is 5.82 Å². The third-order valence-electron chi connectivity index (χ3n) is 2.35. The zero-order chi connectivity index (χ0) is 14.0. The van der Waals surface area contributed by atoms with E-state index in [0.29, 0.717) is 0 Å². The summed E-state index contributed by atoms with van der Waals surface area (Å²) in [5.74, 6) is -3.71. The van der Waals surface area contributed by atoms with Crippen molar-refractivity contribution in [3.8, 4) is 11.3 Å². The molecule has 0 unspecified atom stereocenters. The second kappa shape index (κ2) is 5.23. The van der Waals surface area contributed by atoms with Crippen LogP contribution in [-0.2, 0) is 11.3 Å². The number of anilines is 1. The summed E-state index contributed by atoms with van der Waals surface area (Å²) >= 11 is 0. The Morgan fingerprint density at radius 3 is 2.32 bits per heavy atom. The van der Waals surface area contributed by atoms with Crippen molar-refractivity contribution < 1.29 is 17.9 Å². The number of nitrogens with two attached hydrogens (primary N) is 1. The van der Waals surface area contributed by atoms with Crippen molar-refractivity contribution in [2.75, 3.05) is 12.8 Å². The number of aromatic nitrogens is 2. The highest BCUT2D eigenvalue weighted by molar-refractivity contribution is 5.62. The third-order valence-corrected chi connectivity index (χ3v) is 2.35. The molecule has 0 aliphatic rings. The van der Waals surface area contributed by atoms with Crippen molar-refractivity contribution in [2.24, 2.45) is 0 Å². The lowest BCUT2D eigenvalue weighted by atomic mass is 10.1. The second-order valence-electron chi connectivity index (χ2n) is 3.78. The van der Waals surface area contributed by atoms with Crippen LogP contribution in [0.2, 0.25) is 0 Å². The quantitative estimate of drug-likeness (QED) is 0.868. The van der Waals surface area contributed by atoms with Crippen LogP contribution in [0.4, 0.5) is 19.0 Å². The van der Waals surface area contributed by atoms with E-state index in [2.05, 4.69) is 9.97 Å². The summed E-state index contributed by atoms with van der Waals surface area (Å²) in [5.41, 5.74) is 5.83. The van der Waals surface area contributed by atoms with Crippen molar-refractivity contribution >= 4 is 5.82 Å². The Hall–Kier alpha value is -2.15. The van der Waals surface area contributed by atoms with Crippen molar-refractivity contribution in [1.82, 2.24) is 9.97 Å². The Labute approximate surface area is 107 Å². The summed E-state index contributed by atoms with van der Waals surface area (Å²) in [5, 5.41) is 0. The van der Waals surface area contributed by atoms with Crippen molar-refractivity contribution in [1.29, 1.82) is 0 Å². The number of benzene rings is 1. The van der Waals surface area contributed by atoms with Gasteiger partial charge in [0.2, 0.25) is 0 Å². The highest BCUT2D eigenvalue weighted by Crippen LogP contribution is 2.23. The average molecular weight is 269 g/mol. The standard InChI is InChI=1S/C12H10F3N3O/c1-19-5-11-17-9(4-10(16)18-11)6-2-7(13)12(15)8(14)3-6/h2-4H,5H2,1H3,(H2,16,17,18). The molecule has 0 amide bonds. The predicted octanol–water partition coefficient (Wildman–Crippen LogP) is 2.29. The minimum atomic E-state index is -1.53. The average Bonchev–Trinajstić information content (AvgIpc) is 2.35. The molecular formula is C12H10F3N3O. The molecule has 2 N–H and O–H groups in total. The van der Waals surface area contributed by atoms with Crippen LogP contribution in [0.5, 0.6) is 0 Å². The number of halogens is 3. The zero-order valence-electron chi connectivity index (χ0n) is 9.95. The van der Waals surface area contributed by atoms with Crippen molar-refractivity contribution in [2.45, 2.75) is 6.61 Å². The van der Waals surface area contributed by atoms with Gasteiger partial charge in [-0.15, -0.1) is 0 Å². The lowest BCUT2D eigenvalue weighted by Gasteiger charge is -2.06. The first kappa shape index (κ1) is 13.3. The molecule has 0 saturated carbocycles. The van der Waals surface area contributed by atoms with Gasteiger partial charge in [-0.2, -0.15) is 0 Å². The van der Waals surface area contributed by atoms with Gasteiger partial charge in [-0.25, -0.2) is 23.1 Å². The van der Waals surface area contributed by atoms with Gasteiger partial charge in [-0.1, -0.05) is 0 Å². The Balaban J connectivity index is 2.52. The second-order valence-corrected chi connectivity index (χ2v) is 3.78. The van der Waals surface area contributed by atoms with E-state index in [0.717, 1.165) is 12.1 Å². The molecule has 0 aliphatic carbocycles. The van der Waals surface area contributed by atoms with E-state index in [9.17, 15) is 13.2 Å². The molecule has 7 heteroatoms. The molecule has 0 radical (unpaired) electrons. The number of nitrogen functional groups attached to an aromatic ring is 1. The Morgan fingerprint density at radius 1 is 1.11 bits per heavy atom. The maximum atomic E-state index is 13.2.